The van der Waals surface area contributed by atoms with Crippen LogP contribution >= 0.6 is 11.3 Å². The molecule has 2 aromatic rings. The van der Waals surface area contributed by atoms with E-state index in [9.17, 15) is 0 Å². The first-order valence-electron chi connectivity index (χ1n) is 8.20. The molecule has 0 saturated heterocycles. The molecule has 2 rings (SSSR count). The largest absolute Gasteiger partial charge is 0.492 e. The molecule has 0 aliphatic rings. The summed E-state index contributed by atoms with van der Waals surface area (Å²) in [6, 6.07) is 9.87. The second-order valence-corrected chi connectivity index (χ2v) is 6.78. The molecular formula is C18H26N4OS. The normalized spacial score (nSPS) is 11.4. The molecule has 1 aromatic heterocycles. The number of hydrogen-bond donors (Lipinski definition) is 1. The number of guanidine groups is 1. The molecule has 0 spiro atoms. The van der Waals surface area contributed by atoms with Crippen LogP contribution in [0.15, 0.2) is 35.3 Å². The van der Waals surface area contributed by atoms with Crippen LogP contribution in [0.4, 0.5) is 0 Å². The van der Waals surface area contributed by atoms with Gasteiger partial charge in [-0.15, -0.1) is 11.3 Å². The Labute approximate surface area is 148 Å². The number of likely N-dealkylation sites (N-methyl/N-ethyl adjacent to an activating group) is 1. The highest BCUT2D eigenvalue weighted by molar-refractivity contribution is 7.11. The number of thiazole rings is 1. The zero-order valence-corrected chi connectivity index (χ0v) is 15.7. The van der Waals surface area contributed by atoms with Gasteiger partial charge in [-0.2, -0.15) is 0 Å². The van der Waals surface area contributed by atoms with E-state index >= 15 is 0 Å². The molecular weight excluding hydrogens is 320 g/mol. The van der Waals surface area contributed by atoms with Crippen molar-refractivity contribution in [2.75, 3.05) is 26.7 Å². The van der Waals surface area contributed by atoms with E-state index < -0.39 is 0 Å². The van der Waals surface area contributed by atoms with Gasteiger partial charge in [0.25, 0.3) is 0 Å². The van der Waals surface area contributed by atoms with Gasteiger partial charge in [0.2, 0.25) is 0 Å². The molecule has 24 heavy (non-hydrogen) atoms. The lowest BCUT2D eigenvalue weighted by molar-refractivity contribution is 0.281. The lowest BCUT2D eigenvalue weighted by atomic mass is 10.3. The predicted octanol–water partition coefficient (Wildman–Crippen LogP) is 3.24. The SMILES string of the molecule is CCNC(=NCc1sc(C)nc1C)N(C)CCOc1ccccc1. The Morgan fingerprint density at radius 2 is 2.04 bits per heavy atom. The molecule has 1 heterocycles. The summed E-state index contributed by atoms with van der Waals surface area (Å²) in [6.07, 6.45) is 0. The van der Waals surface area contributed by atoms with E-state index in [2.05, 4.69) is 22.1 Å². The van der Waals surface area contributed by atoms with E-state index in [4.69, 9.17) is 9.73 Å². The van der Waals surface area contributed by atoms with E-state index in [1.54, 1.807) is 11.3 Å². The minimum absolute atomic E-state index is 0.615. The van der Waals surface area contributed by atoms with Gasteiger partial charge in [-0.05, 0) is 32.9 Å². The summed E-state index contributed by atoms with van der Waals surface area (Å²) in [7, 11) is 2.03. The average molecular weight is 346 g/mol. The third kappa shape index (κ3) is 5.53. The first-order valence-corrected chi connectivity index (χ1v) is 9.02. The Bertz CT molecular complexity index is 654. The molecule has 0 saturated carbocycles. The molecule has 5 nitrogen and oxygen atoms in total. The number of aliphatic imine (C=N–C) groups is 1. The predicted molar refractivity (Wildman–Crippen MR) is 101 cm³/mol. The standard InChI is InChI=1S/C18H26N4OS/c1-5-19-18(20-13-17-14(2)21-15(3)24-17)22(4)11-12-23-16-9-7-6-8-10-16/h6-10H,5,11-13H2,1-4H3,(H,19,20). The van der Waals surface area contributed by atoms with Crippen molar-refractivity contribution >= 4 is 17.3 Å². The Kier molecular flexibility index (Phi) is 7.06. The van der Waals surface area contributed by atoms with Crippen LogP contribution in [0.1, 0.15) is 22.5 Å². The van der Waals surface area contributed by atoms with Crippen molar-refractivity contribution in [2.24, 2.45) is 4.99 Å². The van der Waals surface area contributed by atoms with E-state index in [1.807, 2.05) is 51.2 Å². The molecule has 0 atom stereocenters. The van der Waals surface area contributed by atoms with Crippen LogP contribution < -0.4 is 10.1 Å². The highest BCUT2D eigenvalue weighted by Crippen LogP contribution is 2.18. The molecule has 0 aliphatic carbocycles. The van der Waals surface area contributed by atoms with Gasteiger partial charge >= 0.3 is 0 Å². The number of hydrogen-bond acceptors (Lipinski definition) is 4. The van der Waals surface area contributed by atoms with Gasteiger partial charge in [-0.1, -0.05) is 18.2 Å². The lowest BCUT2D eigenvalue weighted by Crippen LogP contribution is -2.40. The number of nitrogens with one attached hydrogen (secondary N) is 1. The number of aromatic nitrogens is 1. The molecule has 1 aromatic carbocycles. The minimum Gasteiger partial charge on any atom is -0.492 e. The van der Waals surface area contributed by atoms with Gasteiger partial charge in [0, 0.05) is 18.5 Å². The quantitative estimate of drug-likeness (QED) is 0.618. The van der Waals surface area contributed by atoms with Gasteiger partial charge in [0.05, 0.1) is 23.8 Å². The van der Waals surface area contributed by atoms with Crippen LogP contribution in [-0.4, -0.2) is 42.6 Å². The third-order valence-corrected chi connectivity index (χ3v) is 4.56. The zero-order valence-electron chi connectivity index (χ0n) is 14.9. The van der Waals surface area contributed by atoms with Crippen molar-refractivity contribution < 1.29 is 4.74 Å². The number of aryl methyl sites for hydroxylation is 2. The second kappa shape index (κ2) is 9.27. The first kappa shape index (κ1) is 18.3. The van der Waals surface area contributed by atoms with Crippen LogP contribution in [-0.2, 0) is 6.54 Å². The van der Waals surface area contributed by atoms with Crippen molar-refractivity contribution in [1.82, 2.24) is 15.2 Å². The zero-order chi connectivity index (χ0) is 17.4. The maximum Gasteiger partial charge on any atom is 0.194 e. The second-order valence-electron chi connectivity index (χ2n) is 5.49. The summed E-state index contributed by atoms with van der Waals surface area (Å²) in [5, 5.41) is 4.42. The maximum absolute atomic E-state index is 5.76. The fraction of sp³-hybridized carbons (Fsp3) is 0.444. The van der Waals surface area contributed by atoms with Crippen molar-refractivity contribution in [3.05, 3.63) is 45.9 Å². The number of nitrogens with zero attached hydrogens (tertiary/aromatic N) is 3. The molecule has 0 bridgehead atoms. The van der Waals surface area contributed by atoms with Gasteiger partial charge in [0.1, 0.15) is 12.4 Å². The third-order valence-electron chi connectivity index (χ3n) is 3.51. The number of benzene rings is 1. The number of ether oxygens (including phenoxy) is 1. The lowest BCUT2D eigenvalue weighted by Gasteiger charge is -2.22. The highest BCUT2D eigenvalue weighted by atomic mass is 32.1. The highest BCUT2D eigenvalue weighted by Gasteiger charge is 2.08. The Balaban J connectivity index is 1.90. The summed E-state index contributed by atoms with van der Waals surface area (Å²) >= 11 is 1.71. The van der Waals surface area contributed by atoms with Crippen molar-refractivity contribution in [1.29, 1.82) is 0 Å². The molecule has 0 amide bonds. The van der Waals surface area contributed by atoms with E-state index in [0.29, 0.717) is 13.2 Å². The molecule has 0 aliphatic heterocycles. The summed E-state index contributed by atoms with van der Waals surface area (Å²) in [5.74, 6) is 1.78. The van der Waals surface area contributed by atoms with Gasteiger partial charge < -0.3 is 15.0 Å². The van der Waals surface area contributed by atoms with Crippen molar-refractivity contribution in [3.63, 3.8) is 0 Å². The summed E-state index contributed by atoms with van der Waals surface area (Å²) in [5.41, 5.74) is 1.08. The van der Waals surface area contributed by atoms with Crippen LogP contribution in [0.3, 0.4) is 0 Å². The molecule has 0 fully saturated rings. The van der Waals surface area contributed by atoms with Gasteiger partial charge in [-0.25, -0.2) is 9.98 Å². The van der Waals surface area contributed by atoms with Crippen LogP contribution in [0, 0.1) is 13.8 Å². The average Bonchev–Trinajstić information content (AvgIpc) is 2.90. The van der Waals surface area contributed by atoms with Crippen LogP contribution in [0.25, 0.3) is 0 Å². The Hall–Kier alpha value is -2.08. The van der Waals surface area contributed by atoms with Crippen molar-refractivity contribution in [3.8, 4) is 5.75 Å². The summed E-state index contributed by atoms with van der Waals surface area (Å²) in [4.78, 5) is 12.5. The topological polar surface area (TPSA) is 49.8 Å². The molecule has 6 heteroatoms. The minimum atomic E-state index is 0.615. The molecule has 0 unspecified atom stereocenters. The number of para-hydroxylation sites is 1. The number of rotatable bonds is 7. The Morgan fingerprint density at radius 3 is 2.67 bits per heavy atom. The summed E-state index contributed by atoms with van der Waals surface area (Å²) < 4.78 is 5.76. The Morgan fingerprint density at radius 1 is 1.29 bits per heavy atom. The van der Waals surface area contributed by atoms with Gasteiger partial charge in [0.15, 0.2) is 5.96 Å². The van der Waals surface area contributed by atoms with E-state index in [0.717, 1.165) is 35.5 Å². The molecule has 130 valence electrons. The smallest absolute Gasteiger partial charge is 0.194 e. The van der Waals surface area contributed by atoms with Gasteiger partial charge in [-0.3, -0.25) is 0 Å². The van der Waals surface area contributed by atoms with Crippen LogP contribution in [0.5, 0.6) is 5.75 Å². The maximum atomic E-state index is 5.76. The fourth-order valence-corrected chi connectivity index (χ4v) is 3.12. The molecule has 0 radical (unpaired) electrons. The first-order chi connectivity index (χ1) is 11.6. The monoisotopic (exact) mass is 346 g/mol. The van der Waals surface area contributed by atoms with E-state index in [-0.39, 0.29) is 0 Å². The van der Waals surface area contributed by atoms with Crippen LogP contribution in [0.2, 0.25) is 0 Å². The van der Waals surface area contributed by atoms with E-state index in [1.165, 1.54) is 4.88 Å². The molecule has 1 N–H and O–H groups in total. The summed E-state index contributed by atoms with van der Waals surface area (Å²) in [6.45, 7) is 9.02. The van der Waals surface area contributed by atoms with Crippen molar-refractivity contribution in [2.45, 2.75) is 27.3 Å². The fourth-order valence-electron chi connectivity index (χ4n) is 2.26.